The fourth-order valence-corrected chi connectivity index (χ4v) is 2.98. The third-order valence-corrected chi connectivity index (χ3v) is 4.14. The summed E-state index contributed by atoms with van der Waals surface area (Å²) in [4.78, 5) is 4.75. The molecule has 2 atom stereocenters. The van der Waals surface area contributed by atoms with E-state index in [9.17, 15) is 0 Å². The molecule has 2 unspecified atom stereocenters. The van der Waals surface area contributed by atoms with E-state index in [0.29, 0.717) is 0 Å². The van der Waals surface area contributed by atoms with E-state index in [1.165, 1.54) is 0 Å². The van der Waals surface area contributed by atoms with Gasteiger partial charge in [-0.25, -0.2) is 0 Å². The molecule has 0 radical (unpaired) electrons. The van der Waals surface area contributed by atoms with Crippen LogP contribution in [0.3, 0.4) is 0 Å². The lowest BCUT2D eigenvalue weighted by molar-refractivity contribution is 0.147. The quantitative estimate of drug-likeness (QED) is 0.816. The van der Waals surface area contributed by atoms with Crippen molar-refractivity contribution in [3.8, 4) is 0 Å². The second kappa shape index (κ2) is 7.78. The maximum absolute atomic E-state index is 9.07. The van der Waals surface area contributed by atoms with Gasteiger partial charge in [-0.05, 0) is 31.5 Å². The summed E-state index contributed by atoms with van der Waals surface area (Å²) in [6.45, 7) is 7.14. The van der Waals surface area contributed by atoms with Gasteiger partial charge in [0.05, 0.1) is 18.9 Å². The summed E-state index contributed by atoms with van der Waals surface area (Å²) >= 11 is 0. The molecule has 1 aliphatic heterocycles. The molecule has 0 spiro atoms. The number of hydrogen-bond donors (Lipinski definition) is 2. The van der Waals surface area contributed by atoms with Gasteiger partial charge in [0.1, 0.15) is 5.76 Å². The SMILES string of the molecule is CCC(N)C(c1ccco1)N1CCCN(CCO)CC1. The van der Waals surface area contributed by atoms with Crippen LogP contribution in [-0.4, -0.2) is 60.3 Å². The van der Waals surface area contributed by atoms with Crippen molar-refractivity contribution < 1.29 is 9.52 Å². The van der Waals surface area contributed by atoms with Crippen LogP contribution >= 0.6 is 0 Å². The Morgan fingerprint density at radius 2 is 2.20 bits per heavy atom. The molecule has 0 bridgehead atoms. The topological polar surface area (TPSA) is 65.9 Å². The number of aliphatic hydroxyl groups is 1. The molecule has 3 N–H and O–H groups in total. The zero-order chi connectivity index (χ0) is 14.4. The minimum atomic E-state index is 0.0885. The highest BCUT2D eigenvalue weighted by atomic mass is 16.3. The van der Waals surface area contributed by atoms with Gasteiger partial charge in [0.2, 0.25) is 0 Å². The van der Waals surface area contributed by atoms with Crippen molar-refractivity contribution >= 4 is 0 Å². The predicted molar refractivity (Wildman–Crippen MR) is 79.4 cm³/mol. The van der Waals surface area contributed by atoms with Gasteiger partial charge < -0.3 is 15.3 Å². The Labute approximate surface area is 121 Å². The van der Waals surface area contributed by atoms with Gasteiger partial charge in [-0.2, -0.15) is 0 Å². The molecule has 5 heteroatoms. The highest BCUT2D eigenvalue weighted by molar-refractivity contribution is 5.08. The van der Waals surface area contributed by atoms with Crippen molar-refractivity contribution in [2.75, 3.05) is 39.3 Å². The van der Waals surface area contributed by atoms with E-state index in [2.05, 4.69) is 16.7 Å². The first-order valence-corrected chi connectivity index (χ1v) is 7.62. The molecular formula is C15H27N3O2. The van der Waals surface area contributed by atoms with Crippen LogP contribution in [0.5, 0.6) is 0 Å². The molecule has 2 rings (SSSR count). The highest BCUT2D eigenvalue weighted by Crippen LogP contribution is 2.26. The summed E-state index contributed by atoms with van der Waals surface area (Å²) < 4.78 is 5.61. The van der Waals surface area contributed by atoms with Crippen molar-refractivity contribution in [2.45, 2.75) is 31.8 Å². The van der Waals surface area contributed by atoms with Crippen molar-refractivity contribution in [3.05, 3.63) is 24.2 Å². The van der Waals surface area contributed by atoms with E-state index < -0.39 is 0 Å². The van der Waals surface area contributed by atoms with E-state index in [-0.39, 0.29) is 18.7 Å². The molecule has 1 aromatic rings. The average Bonchev–Trinajstić information content (AvgIpc) is 2.88. The van der Waals surface area contributed by atoms with Crippen LogP contribution in [0.4, 0.5) is 0 Å². The Kier molecular flexibility index (Phi) is 6.04. The summed E-state index contributed by atoms with van der Waals surface area (Å²) in [5.74, 6) is 0.968. The van der Waals surface area contributed by atoms with E-state index in [1.807, 2.05) is 12.1 Å². The number of aliphatic hydroxyl groups excluding tert-OH is 1. The maximum Gasteiger partial charge on any atom is 0.122 e. The molecule has 0 aliphatic carbocycles. The van der Waals surface area contributed by atoms with Crippen LogP contribution in [0.2, 0.25) is 0 Å². The van der Waals surface area contributed by atoms with Gasteiger partial charge >= 0.3 is 0 Å². The smallest absolute Gasteiger partial charge is 0.122 e. The van der Waals surface area contributed by atoms with Crippen LogP contribution in [0.15, 0.2) is 22.8 Å². The normalized spacial score (nSPS) is 21.6. The molecule has 2 heterocycles. The molecule has 114 valence electrons. The number of nitrogens with zero attached hydrogens (tertiary/aromatic N) is 2. The maximum atomic E-state index is 9.07. The summed E-state index contributed by atoms with van der Waals surface area (Å²) in [6, 6.07) is 4.20. The first-order valence-electron chi connectivity index (χ1n) is 7.62. The second-order valence-corrected chi connectivity index (χ2v) is 5.49. The zero-order valence-corrected chi connectivity index (χ0v) is 12.4. The Morgan fingerprint density at radius 3 is 2.85 bits per heavy atom. The Morgan fingerprint density at radius 1 is 1.35 bits per heavy atom. The van der Waals surface area contributed by atoms with Crippen LogP contribution in [0.25, 0.3) is 0 Å². The van der Waals surface area contributed by atoms with Crippen molar-refractivity contribution in [1.29, 1.82) is 0 Å². The van der Waals surface area contributed by atoms with Gasteiger partial charge in [-0.3, -0.25) is 9.80 Å². The Bertz CT molecular complexity index is 369. The molecule has 5 nitrogen and oxygen atoms in total. The molecule has 0 amide bonds. The minimum absolute atomic E-state index is 0.0885. The van der Waals surface area contributed by atoms with Crippen molar-refractivity contribution in [3.63, 3.8) is 0 Å². The lowest BCUT2D eigenvalue weighted by atomic mass is 10.0. The summed E-state index contributed by atoms with van der Waals surface area (Å²) in [5.41, 5.74) is 6.33. The third kappa shape index (κ3) is 3.82. The zero-order valence-electron chi connectivity index (χ0n) is 12.4. The van der Waals surface area contributed by atoms with E-state index in [4.69, 9.17) is 15.3 Å². The monoisotopic (exact) mass is 281 g/mol. The fourth-order valence-electron chi connectivity index (χ4n) is 2.98. The van der Waals surface area contributed by atoms with Crippen molar-refractivity contribution in [1.82, 2.24) is 9.80 Å². The average molecular weight is 281 g/mol. The first-order chi connectivity index (χ1) is 9.76. The number of hydrogen-bond acceptors (Lipinski definition) is 5. The number of nitrogens with two attached hydrogens (primary N) is 1. The number of β-amino-alcohol motifs (C(OH)–C–C–N with tert-alkyl or cyclic N) is 1. The first kappa shape index (κ1) is 15.5. The molecule has 1 aromatic heterocycles. The third-order valence-electron chi connectivity index (χ3n) is 4.14. The Hall–Kier alpha value is -0.880. The molecular weight excluding hydrogens is 254 g/mol. The van der Waals surface area contributed by atoms with Gasteiger partial charge in [0, 0.05) is 32.2 Å². The van der Waals surface area contributed by atoms with Gasteiger partial charge in [0.25, 0.3) is 0 Å². The van der Waals surface area contributed by atoms with Gasteiger partial charge in [-0.15, -0.1) is 0 Å². The molecule has 1 aliphatic rings. The fraction of sp³-hybridized carbons (Fsp3) is 0.733. The summed E-state index contributed by atoms with van der Waals surface area (Å²) in [6.07, 6.45) is 3.76. The lowest BCUT2D eigenvalue weighted by Gasteiger charge is -2.33. The van der Waals surface area contributed by atoms with Crippen LogP contribution in [-0.2, 0) is 0 Å². The lowest BCUT2D eigenvalue weighted by Crippen LogP contribution is -2.42. The predicted octanol–water partition coefficient (Wildman–Crippen LogP) is 1.06. The molecule has 0 aromatic carbocycles. The number of furan rings is 1. The standard InChI is InChI=1S/C15H27N3O2/c1-2-13(16)15(14-5-3-12-20-14)18-7-4-6-17(8-9-18)10-11-19/h3,5,12-13,15,19H,2,4,6-11,16H2,1H3. The molecule has 1 fully saturated rings. The molecule has 20 heavy (non-hydrogen) atoms. The molecule has 1 saturated heterocycles. The molecule has 0 saturated carbocycles. The minimum Gasteiger partial charge on any atom is -0.468 e. The van der Waals surface area contributed by atoms with E-state index in [0.717, 1.165) is 51.3 Å². The highest BCUT2D eigenvalue weighted by Gasteiger charge is 2.29. The second-order valence-electron chi connectivity index (χ2n) is 5.49. The van der Waals surface area contributed by atoms with Crippen molar-refractivity contribution in [2.24, 2.45) is 5.73 Å². The van der Waals surface area contributed by atoms with Crippen LogP contribution < -0.4 is 5.73 Å². The largest absolute Gasteiger partial charge is 0.468 e. The van der Waals surface area contributed by atoms with Crippen LogP contribution in [0.1, 0.15) is 31.6 Å². The summed E-state index contributed by atoms with van der Waals surface area (Å²) in [5, 5.41) is 9.07. The summed E-state index contributed by atoms with van der Waals surface area (Å²) in [7, 11) is 0. The van der Waals surface area contributed by atoms with Crippen LogP contribution in [0, 0.1) is 0 Å². The van der Waals surface area contributed by atoms with E-state index in [1.54, 1.807) is 6.26 Å². The Balaban J connectivity index is 2.05. The van der Waals surface area contributed by atoms with E-state index >= 15 is 0 Å². The van der Waals surface area contributed by atoms with Gasteiger partial charge in [-0.1, -0.05) is 6.92 Å². The number of rotatable bonds is 6. The van der Waals surface area contributed by atoms with Gasteiger partial charge in [0.15, 0.2) is 0 Å².